The Morgan fingerprint density at radius 1 is 1.27 bits per heavy atom. The average Bonchev–Trinajstić information content (AvgIpc) is 3.07. The molecule has 0 saturated heterocycles. The number of fused-ring (bicyclic) bond motifs is 1. The lowest BCUT2D eigenvalue weighted by atomic mass is 10.2. The molecule has 22 heavy (non-hydrogen) atoms. The van der Waals surface area contributed by atoms with Crippen LogP contribution in [0.15, 0.2) is 23.0 Å². The monoisotopic (exact) mass is 317 g/mol. The van der Waals surface area contributed by atoms with Crippen molar-refractivity contribution in [3.8, 4) is 11.5 Å². The summed E-state index contributed by atoms with van der Waals surface area (Å²) in [7, 11) is 3.17. The fraction of sp³-hybridized carbons (Fsp3) is 0.267. The highest BCUT2D eigenvalue weighted by Gasteiger charge is 2.09. The minimum Gasteiger partial charge on any atom is -0.493 e. The molecule has 0 bridgehead atoms. The van der Waals surface area contributed by atoms with Gasteiger partial charge in [0.15, 0.2) is 17.3 Å². The highest BCUT2D eigenvalue weighted by atomic mass is 32.1. The summed E-state index contributed by atoms with van der Waals surface area (Å²) in [6, 6.07) is 5.50. The van der Waals surface area contributed by atoms with Gasteiger partial charge in [0, 0.05) is 6.42 Å². The molecule has 0 spiro atoms. The molecule has 0 aliphatic carbocycles. The highest BCUT2D eigenvalue weighted by molar-refractivity contribution is 7.15. The molecule has 0 unspecified atom stereocenters. The number of ether oxygens (including phenoxy) is 2. The van der Waals surface area contributed by atoms with Crippen molar-refractivity contribution in [2.45, 2.75) is 13.3 Å². The minimum absolute atomic E-state index is 0.151. The van der Waals surface area contributed by atoms with Gasteiger partial charge in [-0.1, -0.05) is 24.3 Å². The van der Waals surface area contributed by atoms with Crippen LogP contribution in [-0.2, 0) is 6.42 Å². The van der Waals surface area contributed by atoms with E-state index < -0.39 is 0 Å². The third kappa shape index (κ3) is 2.43. The summed E-state index contributed by atoms with van der Waals surface area (Å²) in [5.74, 6) is 1.95. The molecule has 1 aromatic carbocycles. The number of hydrogen-bond donors (Lipinski definition) is 0. The average molecular weight is 317 g/mol. The lowest BCUT2D eigenvalue weighted by molar-refractivity contribution is 0.355. The Hall–Kier alpha value is -2.41. The van der Waals surface area contributed by atoms with E-state index in [0.29, 0.717) is 33.2 Å². The van der Waals surface area contributed by atoms with E-state index in [9.17, 15) is 4.79 Å². The number of methoxy groups -OCH3 is 2. The van der Waals surface area contributed by atoms with Crippen LogP contribution in [0.4, 0.5) is 0 Å². The molecule has 0 aliphatic rings. The first-order valence-corrected chi connectivity index (χ1v) is 7.60. The summed E-state index contributed by atoms with van der Waals surface area (Å²) < 4.78 is 12.4. The Morgan fingerprint density at radius 2 is 2.05 bits per heavy atom. The van der Waals surface area contributed by atoms with Crippen LogP contribution >= 0.6 is 11.3 Å². The maximum Gasteiger partial charge on any atom is 0.291 e. The SMILES string of the molecule is CCc1nc2s/c(=C\c3ccc(OC)c(OC)c3)c(=O)n2n1. The normalized spacial score (nSPS) is 12.0. The van der Waals surface area contributed by atoms with Crippen molar-refractivity contribution >= 4 is 22.4 Å². The van der Waals surface area contributed by atoms with Gasteiger partial charge in [-0.25, -0.2) is 4.98 Å². The number of nitrogens with zero attached hydrogens (tertiary/aromatic N) is 3. The quantitative estimate of drug-likeness (QED) is 0.725. The second kappa shape index (κ2) is 5.76. The lowest BCUT2D eigenvalue weighted by Gasteiger charge is -2.07. The van der Waals surface area contributed by atoms with Crippen LogP contribution < -0.4 is 19.6 Å². The zero-order valence-corrected chi connectivity index (χ0v) is 13.3. The van der Waals surface area contributed by atoms with Crippen molar-refractivity contribution in [1.82, 2.24) is 14.6 Å². The molecule has 3 aromatic rings. The van der Waals surface area contributed by atoms with Crippen molar-refractivity contribution in [2.75, 3.05) is 14.2 Å². The van der Waals surface area contributed by atoms with Gasteiger partial charge in [0.2, 0.25) is 4.96 Å². The maximum atomic E-state index is 12.3. The largest absolute Gasteiger partial charge is 0.493 e. The Labute approximate surface area is 130 Å². The van der Waals surface area contributed by atoms with Crippen LogP contribution in [0.5, 0.6) is 11.5 Å². The zero-order valence-electron chi connectivity index (χ0n) is 12.5. The summed E-state index contributed by atoms with van der Waals surface area (Å²) in [4.78, 5) is 17.3. The van der Waals surface area contributed by atoms with Crippen LogP contribution in [0.3, 0.4) is 0 Å². The highest BCUT2D eigenvalue weighted by Crippen LogP contribution is 2.27. The van der Waals surface area contributed by atoms with Crippen molar-refractivity contribution in [2.24, 2.45) is 0 Å². The van der Waals surface area contributed by atoms with Crippen LogP contribution in [0.25, 0.3) is 11.0 Å². The molecule has 0 fully saturated rings. The second-order valence-electron chi connectivity index (χ2n) is 4.61. The van der Waals surface area contributed by atoms with Crippen LogP contribution in [-0.4, -0.2) is 28.8 Å². The number of rotatable bonds is 4. The topological polar surface area (TPSA) is 65.7 Å². The molecule has 0 aliphatic heterocycles. The molecule has 0 saturated carbocycles. The smallest absolute Gasteiger partial charge is 0.291 e. The van der Waals surface area contributed by atoms with E-state index in [-0.39, 0.29) is 5.56 Å². The fourth-order valence-electron chi connectivity index (χ4n) is 2.12. The molecule has 114 valence electrons. The van der Waals surface area contributed by atoms with Crippen LogP contribution in [0.2, 0.25) is 0 Å². The predicted molar refractivity (Wildman–Crippen MR) is 84.8 cm³/mol. The number of hydrogen-bond acceptors (Lipinski definition) is 6. The van der Waals surface area contributed by atoms with Gasteiger partial charge < -0.3 is 9.47 Å². The third-order valence-electron chi connectivity index (χ3n) is 3.25. The summed E-state index contributed by atoms with van der Waals surface area (Å²) in [5.41, 5.74) is 0.706. The van der Waals surface area contributed by atoms with Gasteiger partial charge >= 0.3 is 0 Å². The van der Waals surface area contributed by atoms with Gasteiger partial charge in [-0.2, -0.15) is 4.52 Å². The first-order valence-electron chi connectivity index (χ1n) is 6.78. The van der Waals surface area contributed by atoms with E-state index in [1.165, 1.54) is 15.9 Å². The van der Waals surface area contributed by atoms with Crippen LogP contribution in [0, 0.1) is 0 Å². The molecular formula is C15H15N3O3S. The Bertz CT molecular complexity index is 930. The lowest BCUT2D eigenvalue weighted by Crippen LogP contribution is -2.23. The van der Waals surface area contributed by atoms with Crippen molar-refractivity contribution in [3.05, 3.63) is 44.5 Å². The molecule has 0 radical (unpaired) electrons. The van der Waals surface area contributed by atoms with E-state index in [4.69, 9.17) is 9.47 Å². The number of aryl methyl sites for hydroxylation is 1. The Morgan fingerprint density at radius 3 is 2.68 bits per heavy atom. The summed E-state index contributed by atoms with van der Waals surface area (Å²) in [6.07, 6.45) is 2.51. The number of thiazole rings is 1. The molecule has 6 nitrogen and oxygen atoms in total. The fourth-order valence-corrected chi connectivity index (χ4v) is 3.04. The van der Waals surface area contributed by atoms with Gasteiger partial charge in [0.25, 0.3) is 5.56 Å². The summed E-state index contributed by atoms with van der Waals surface area (Å²) >= 11 is 1.33. The van der Waals surface area contributed by atoms with Crippen LogP contribution in [0.1, 0.15) is 18.3 Å². The molecule has 7 heteroatoms. The van der Waals surface area contributed by atoms with E-state index in [1.807, 2.05) is 19.1 Å². The summed E-state index contributed by atoms with van der Waals surface area (Å²) in [6.45, 7) is 1.96. The van der Waals surface area contributed by atoms with E-state index in [1.54, 1.807) is 26.4 Å². The van der Waals surface area contributed by atoms with E-state index in [0.717, 1.165) is 5.56 Å². The number of aromatic nitrogens is 3. The minimum atomic E-state index is -0.151. The summed E-state index contributed by atoms with van der Waals surface area (Å²) in [5, 5.41) is 4.19. The molecule has 0 atom stereocenters. The predicted octanol–water partition coefficient (Wildman–Crippen LogP) is 1.28. The number of benzene rings is 1. The Balaban J connectivity index is 2.10. The zero-order chi connectivity index (χ0) is 15.7. The van der Waals surface area contributed by atoms with E-state index in [2.05, 4.69) is 10.1 Å². The van der Waals surface area contributed by atoms with Gasteiger partial charge in [0.1, 0.15) is 0 Å². The molecular weight excluding hydrogens is 302 g/mol. The van der Waals surface area contributed by atoms with Crippen molar-refractivity contribution < 1.29 is 9.47 Å². The first kappa shape index (κ1) is 14.5. The first-order chi connectivity index (χ1) is 10.7. The van der Waals surface area contributed by atoms with Gasteiger partial charge in [0.05, 0.1) is 18.8 Å². The standard InChI is InChI=1S/C15H15N3O3S/c1-4-13-16-15-18(17-13)14(19)12(22-15)8-9-5-6-10(20-2)11(7-9)21-3/h5-8H,4H2,1-3H3/b12-8-. The molecule has 0 N–H and O–H groups in total. The molecule has 0 amide bonds. The van der Waals surface area contributed by atoms with Crippen molar-refractivity contribution in [1.29, 1.82) is 0 Å². The van der Waals surface area contributed by atoms with E-state index >= 15 is 0 Å². The Kier molecular flexibility index (Phi) is 3.81. The molecule has 2 heterocycles. The van der Waals surface area contributed by atoms with Gasteiger partial charge in [-0.05, 0) is 23.8 Å². The van der Waals surface area contributed by atoms with Gasteiger partial charge in [-0.3, -0.25) is 4.79 Å². The van der Waals surface area contributed by atoms with Gasteiger partial charge in [-0.15, -0.1) is 5.10 Å². The third-order valence-corrected chi connectivity index (χ3v) is 4.21. The second-order valence-corrected chi connectivity index (χ2v) is 5.62. The van der Waals surface area contributed by atoms with Crippen molar-refractivity contribution in [3.63, 3.8) is 0 Å². The maximum absolute atomic E-state index is 12.3. The molecule has 3 rings (SSSR count). The molecule has 2 aromatic heterocycles.